The number of aromatic nitrogens is 2. The van der Waals surface area contributed by atoms with Crippen LogP contribution in [0.25, 0.3) is 22.0 Å². The molecule has 4 aromatic rings. The maximum atomic E-state index is 12.0. The molecule has 0 amide bonds. The van der Waals surface area contributed by atoms with E-state index in [-0.39, 0.29) is 25.0 Å². The minimum atomic E-state index is -0.278. The van der Waals surface area contributed by atoms with E-state index in [1.54, 1.807) is 6.92 Å². The monoisotopic (exact) mass is 472 g/mol. The van der Waals surface area contributed by atoms with Gasteiger partial charge in [0.2, 0.25) is 0 Å². The van der Waals surface area contributed by atoms with Crippen LogP contribution >= 0.6 is 0 Å². The van der Waals surface area contributed by atoms with Gasteiger partial charge in [0.1, 0.15) is 18.1 Å². The summed E-state index contributed by atoms with van der Waals surface area (Å²) in [5.41, 5.74) is 18.4. The summed E-state index contributed by atoms with van der Waals surface area (Å²) in [7, 11) is 0. The first-order valence-electron chi connectivity index (χ1n) is 11.9. The second-order valence-electron chi connectivity index (χ2n) is 8.68. The van der Waals surface area contributed by atoms with Gasteiger partial charge in [-0.3, -0.25) is 9.48 Å². The van der Waals surface area contributed by atoms with Crippen molar-refractivity contribution in [3.05, 3.63) is 77.5 Å². The van der Waals surface area contributed by atoms with Crippen LogP contribution in [0.4, 0.5) is 5.69 Å². The first-order chi connectivity index (χ1) is 16.9. The third kappa shape index (κ3) is 5.15. The van der Waals surface area contributed by atoms with Crippen LogP contribution in [0.5, 0.6) is 5.75 Å². The fourth-order valence-electron chi connectivity index (χ4n) is 4.22. The fourth-order valence-corrected chi connectivity index (χ4v) is 4.22. The van der Waals surface area contributed by atoms with Crippen LogP contribution in [-0.4, -0.2) is 22.4 Å². The molecule has 1 heterocycles. The zero-order chi connectivity index (χ0) is 24.9. The number of anilines is 1. The van der Waals surface area contributed by atoms with Crippen molar-refractivity contribution in [2.75, 3.05) is 12.3 Å². The Labute approximate surface area is 205 Å². The molecule has 182 valence electrons. The second kappa shape index (κ2) is 10.6. The van der Waals surface area contributed by atoms with Gasteiger partial charge in [0.15, 0.2) is 0 Å². The van der Waals surface area contributed by atoms with E-state index >= 15 is 0 Å². The maximum absolute atomic E-state index is 12.0. The summed E-state index contributed by atoms with van der Waals surface area (Å²) in [5.74, 6) is 0.365. The number of nitrogens with two attached hydrogens (primary N) is 2. The van der Waals surface area contributed by atoms with Crippen molar-refractivity contribution < 1.29 is 14.3 Å². The molecule has 0 fully saturated rings. The molecule has 35 heavy (non-hydrogen) atoms. The highest BCUT2D eigenvalue weighted by atomic mass is 16.5. The first kappa shape index (κ1) is 24.3. The van der Waals surface area contributed by atoms with Crippen molar-refractivity contribution in [3.63, 3.8) is 0 Å². The Morgan fingerprint density at radius 1 is 1.06 bits per heavy atom. The van der Waals surface area contributed by atoms with Crippen LogP contribution < -0.4 is 16.2 Å². The van der Waals surface area contributed by atoms with Gasteiger partial charge in [-0.15, -0.1) is 0 Å². The predicted octanol–water partition coefficient (Wildman–Crippen LogP) is 5.01. The molecule has 4 rings (SSSR count). The number of rotatable bonds is 9. The number of esters is 1. The molecule has 0 atom stereocenters. The Morgan fingerprint density at radius 2 is 1.83 bits per heavy atom. The molecule has 0 spiro atoms. The molecule has 0 aliphatic carbocycles. The van der Waals surface area contributed by atoms with Crippen LogP contribution in [0, 0.1) is 0 Å². The zero-order valence-electron chi connectivity index (χ0n) is 20.5. The molecular weight excluding hydrogens is 440 g/mol. The summed E-state index contributed by atoms with van der Waals surface area (Å²) in [6.45, 7) is 6.99. The van der Waals surface area contributed by atoms with Gasteiger partial charge in [0.05, 0.1) is 18.5 Å². The zero-order valence-corrected chi connectivity index (χ0v) is 20.5. The molecule has 3 aromatic carbocycles. The van der Waals surface area contributed by atoms with Gasteiger partial charge in [-0.25, -0.2) is 0 Å². The van der Waals surface area contributed by atoms with E-state index in [0.717, 1.165) is 38.9 Å². The molecule has 7 nitrogen and oxygen atoms in total. The number of nitrogens with zero attached hydrogens (tertiary/aromatic N) is 2. The van der Waals surface area contributed by atoms with Crippen LogP contribution in [0.2, 0.25) is 0 Å². The molecule has 0 unspecified atom stereocenters. The highest BCUT2D eigenvalue weighted by Crippen LogP contribution is 2.33. The molecule has 0 bridgehead atoms. The summed E-state index contributed by atoms with van der Waals surface area (Å²) < 4.78 is 13.3. The minimum absolute atomic E-state index is 0.159. The number of carbonyl (C=O) groups excluding carboxylic acids is 1. The van der Waals surface area contributed by atoms with Crippen molar-refractivity contribution in [1.82, 2.24) is 9.78 Å². The lowest BCUT2D eigenvalue weighted by Crippen LogP contribution is -2.09. The lowest BCUT2D eigenvalue weighted by atomic mass is 9.98. The molecule has 4 N–H and O–H groups in total. The number of hydrogen-bond acceptors (Lipinski definition) is 6. The normalized spacial score (nSPS) is 11.2. The summed E-state index contributed by atoms with van der Waals surface area (Å²) >= 11 is 0. The lowest BCUT2D eigenvalue weighted by Gasteiger charge is -2.11. The van der Waals surface area contributed by atoms with E-state index in [2.05, 4.69) is 32.0 Å². The maximum Gasteiger partial charge on any atom is 0.310 e. The Kier molecular flexibility index (Phi) is 7.36. The van der Waals surface area contributed by atoms with Crippen LogP contribution in [-0.2, 0) is 29.1 Å². The smallest absolute Gasteiger partial charge is 0.310 e. The predicted molar refractivity (Wildman–Crippen MR) is 139 cm³/mol. The highest BCUT2D eigenvalue weighted by Gasteiger charge is 2.17. The van der Waals surface area contributed by atoms with Crippen molar-refractivity contribution in [2.24, 2.45) is 5.73 Å². The molecule has 1 aromatic heterocycles. The van der Waals surface area contributed by atoms with Crippen LogP contribution in [0.1, 0.15) is 43.6 Å². The summed E-state index contributed by atoms with van der Waals surface area (Å²) in [4.78, 5) is 12.0. The number of para-hydroxylation sites is 2. The van der Waals surface area contributed by atoms with Crippen molar-refractivity contribution in [2.45, 2.75) is 46.4 Å². The van der Waals surface area contributed by atoms with E-state index in [0.29, 0.717) is 24.6 Å². The standard InChI is InChI=1S/C28H32N4O3/c1-4-34-27(33)15-20-8-5-6-11-26(20)35-17-24-23-14-19(12-13-25(23)32(31-24)18(2)3)22-10-7-9-21(16-29)28(22)30/h5-14,18H,4,15-17,29-30H2,1-3H3. The van der Waals surface area contributed by atoms with Crippen molar-refractivity contribution in [3.8, 4) is 16.9 Å². The van der Waals surface area contributed by atoms with Gasteiger partial charge in [-0.2, -0.15) is 5.10 Å². The average molecular weight is 473 g/mol. The van der Waals surface area contributed by atoms with Gasteiger partial charge >= 0.3 is 5.97 Å². The Hall–Kier alpha value is -3.84. The Morgan fingerprint density at radius 3 is 2.57 bits per heavy atom. The van der Waals surface area contributed by atoms with Gasteiger partial charge < -0.3 is 20.9 Å². The number of benzene rings is 3. The Bertz CT molecular complexity index is 1340. The third-order valence-electron chi connectivity index (χ3n) is 5.98. The van der Waals surface area contributed by atoms with Gasteiger partial charge in [-0.1, -0.05) is 42.5 Å². The lowest BCUT2D eigenvalue weighted by molar-refractivity contribution is -0.142. The quantitative estimate of drug-likeness (QED) is 0.262. The number of fused-ring (bicyclic) bond motifs is 1. The second-order valence-corrected chi connectivity index (χ2v) is 8.68. The molecule has 0 aliphatic rings. The summed E-state index contributed by atoms with van der Waals surface area (Å²) in [5, 5.41) is 5.86. The third-order valence-corrected chi connectivity index (χ3v) is 5.98. The average Bonchev–Trinajstić information content (AvgIpc) is 3.22. The molecule has 0 aliphatic heterocycles. The Balaban J connectivity index is 1.69. The largest absolute Gasteiger partial charge is 0.487 e. The van der Waals surface area contributed by atoms with E-state index < -0.39 is 0 Å². The van der Waals surface area contributed by atoms with Gasteiger partial charge in [0, 0.05) is 34.8 Å². The fraction of sp³-hybridized carbons (Fsp3) is 0.286. The molecule has 0 radical (unpaired) electrons. The van der Waals surface area contributed by atoms with E-state index in [1.165, 1.54) is 0 Å². The first-order valence-corrected chi connectivity index (χ1v) is 11.9. The van der Waals surface area contributed by atoms with Gasteiger partial charge in [-0.05, 0) is 50.1 Å². The van der Waals surface area contributed by atoms with Crippen molar-refractivity contribution >= 4 is 22.6 Å². The topological polar surface area (TPSA) is 105 Å². The van der Waals surface area contributed by atoms with Crippen LogP contribution in [0.3, 0.4) is 0 Å². The number of nitrogen functional groups attached to an aromatic ring is 1. The summed E-state index contributed by atoms with van der Waals surface area (Å²) in [6.07, 6.45) is 0.159. The number of ether oxygens (including phenoxy) is 2. The van der Waals surface area contributed by atoms with Gasteiger partial charge in [0.25, 0.3) is 0 Å². The number of hydrogen-bond donors (Lipinski definition) is 2. The summed E-state index contributed by atoms with van der Waals surface area (Å²) in [6, 6.07) is 19.9. The minimum Gasteiger partial charge on any atom is -0.487 e. The molecular formula is C28H32N4O3. The van der Waals surface area contributed by atoms with E-state index in [1.807, 2.05) is 47.1 Å². The SMILES string of the molecule is CCOC(=O)Cc1ccccc1OCc1nn(C(C)C)c2ccc(-c3cccc(CN)c3N)cc12. The molecule has 0 saturated carbocycles. The van der Waals surface area contributed by atoms with Crippen molar-refractivity contribution in [1.29, 1.82) is 0 Å². The molecule has 0 saturated heterocycles. The van der Waals surface area contributed by atoms with Crippen LogP contribution in [0.15, 0.2) is 60.7 Å². The van der Waals surface area contributed by atoms with E-state index in [9.17, 15) is 4.79 Å². The van der Waals surface area contributed by atoms with E-state index in [4.69, 9.17) is 26.0 Å². The highest BCUT2D eigenvalue weighted by molar-refractivity contribution is 5.90. The molecule has 7 heteroatoms. The number of carbonyl (C=O) groups is 1.